The summed E-state index contributed by atoms with van der Waals surface area (Å²) < 4.78 is 0. The lowest BCUT2D eigenvalue weighted by Crippen LogP contribution is -2.49. The van der Waals surface area contributed by atoms with Crippen LogP contribution in [-0.4, -0.2) is 10.9 Å². The number of allylic oxidation sites excluding steroid dienone is 4. The number of carbonyl (C=O) groups is 1. The van der Waals surface area contributed by atoms with Crippen molar-refractivity contribution in [1.29, 1.82) is 0 Å². The minimum atomic E-state index is 0.237. The smallest absolute Gasteiger partial charge is 0.133 e. The van der Waals surface area contributed by atoms with Gasteiger partial charge in [0.25, 0.3) is 0 Å². The maximum Gasteiger partial charge on any atom is 0.133 e. The van der Waals surface area contributed by atoms with Gasteiger partial charge in [0.05, 0.1) is 5.76 Å². The molecule has 6 atom stereocenters. The maximum absolute atomic E-state index is 12.1. The highest BCUT2D eigenvalue weighted by Gasteiger charge is 2.58. The van der Waals surface area contributed by atoms with Gasteiger partial charge in [-0.3, -0.25) is 4.79 Å². The first kappa shape index (κ1) is 15.5. The summed E-state index contributed by atoms with van der Waals surface area (Å²) in [6.45, 7) is 6.64. The Morgan fingerprint density at radius 2 is 1.96 bits per heavy atom. The summed E-state index contributed by atoms with van der Waals surface area (Å²) in [4.78, 5) is 12.1. The molecule has 0 aromatic heterocycles. The highest BCUT2D eigenvalue weighted by atomic mass is 16.3. The van der Waals surface area contributed by atoms with Crippen molar-refractivity contribution in [3.05, 3.63) is 23.5 Å². The summed E-state index contributed by atoms with van der Waals surface area (Å²) in [5, 5.41) is 9.93. The van der Waals surface area contributed by atoms with E-state index in [1.807, 2.05) is 6.08 Å². The summed E-state index contributed by atoms with van der Waals surface area (Å²) in [5.74, 6) is 3.45. The molecule has 2 heteroatoms. The molecule has 4 aliphatic carbocycles. The number of aliphatic hydroxyl groups excluding tert-OH is 1. The molecule has 0 unspecified atom stereocenters. The van der Waals surface area contributed by atoms with Crippen LogP contribution in [0.25, 0.3) is 0 Å². The molecule has 0 amide bonds. The Bertz CT molecular complexity index is 601. The number of hydrogen-bond acceptors (Lipinski definition) is 2. The number of ketones is 1. The molecule has 0 aliphatic heterocycles. The van der Waals surface area contributed by atoms with E-state index < -0.39 is 0 Å². The zero-order valence-electron chi connectivity index (χ0n) is 14.8. The van der Waals surface area contributed by atoms with Gasteiger partial charge in [-0.1, -0.05) is 19.9 Å². The van der Waals surface area contributed by atoms with Crippen molar-refractivity contribution in [2.24, 2.45) is 34.5 Å². The Morgan fingerprint density at radius 3 is 2.70 bits per heavy atom. The number of hydrogen-bond donors (Lipinski definition) is 1. The first-order chi connectivity index (χ1) is 10.9. The second-order valence-corrected chi connectivity index (χ2v) is 9.11. The molecule has 0 radical (unpaired) electrons. The van der Waals surface area contributed by atoms with Gasteiger partial charge < -0.3 is 5.11 Å². The van der Waals surface area contributed by atoms with Gasteiger partial charge in [0, 0.05) is 12.3 Å². The lowest BCUT2D eigenvalue weighted by atomic mass is 9.48. The monoisotopic (exact) mass is 314 g/mol. The minimum Gasteiger partial charge on any atom is -0.512 e. The third-order valence-electron chi connectivity index (χ3n) is 8.24. The highest BCUT2D eigenvalue weighted by molar-refractivity contribution is 5.79. The van der Waals surface area contributed by atoms with Gasteiger partial charge >= 0.3 is 0 Å². The summed E-state index contributed by atoms with van der Waals surface area (Å²) in [6.07, 6.45) is 12.3. The molecule has 0 saturated heterocycles. The van der Waals surface area contributed by atoms with Crippen LogP contribution < -0.4 is 0 Å². The van der Waals surface area contributed by atoms with Gasteiger partial charge in [0.2, 0.25) is 0 Å². The molecule has 0 aromatic carbocycles. The van der Waals surface area contributed by atoms with Gasteiger partial charge in [-0.25, -0.2) is 0 Å². The molecule has 23 heavy (non-hydrogen) atoms. The molecule has 2 saturated carbocycles. The number of Topliss-reactive ketones (excluding diaryl/α,β-unsaturated/α-hetero) is 1. The van der Waals surface area contributed by atoms with Crippen molar-refractivity contribution in [2.75, 3.05) is 0 Å². The topological polar surface area (TPSA) is 37.3 Å². The van der Waals surface area contributed by atoms with Crippen LogP contribution in [0.1, 0.15) is 65.7 Å². The van der Waals surface area contributed by atoms with Crippen LogP contribution in [0.3, 0.4) is 0 Å². The first-order valence-electron chi connectivity index (χ1n) is 9.47. The fraction of sp³-hybridized carbons (Fsp3) is 0.762. The number of fused-ring (bicyclic) bond motifs is 5. The predicted molar refractivity (Wildman–Crippen MR) is 92.0 cm³/mol. The van der Waals surface area contributed by atoms with E-state index in [9.17, 15) is 9.90 Å². The third-order valence-corrected chi connectivity index (χ3v) is 8.24. The molecule has 2 nitrogen and oxygen atoms in total. The van der Waals surface area contributed by atoms with Gasteiger partial charge in [-0.2, -0.15) is 0 Å². The van der Waals surface area contributed by atoms with Gasteiger partial charge in [0.15, 0.2) is 0 Å². The number of carbonyl (C=O) groups excluding carboxylic acids is 1. The van der Waals surface area contributed by atoms with Crippen LogP contribution in [0.4, 0.5) is 0 Å². The molecule has 0 heterocycles. The Kier molecular flexibility index (Phi) is 3.35. The molecule has 0 bridgehead atoms. The van der Waals surface area contributed by atoms with E-state index in [4.69, 9.17) is 0 Å². The summed E-state index contributed by atoms with van der Waals surface area (Å²) in [5.41, 5.74) is 1.86. The number of rotatable bonds is 1. The quantitative estimate of drug-likeness (QED) is 0.721. The van der Waals surface area contributed by atoms with Crippen LogP contribution in [0, 0.1) is 34.5 Å². The van der Waals surface area contributed by atoms with Crippen molar-refractivity contribution in [1.82, 2.24) is 0 Å². The van der Waals surface area contributed by atoms with E-state index in [0.717, 1.165) is 37.5 Å². The Labute approximate surface area is 140 Å². The molecular weight excluding hydrogens is 284 g/mol. The molecule has 0 spiro atoms. The van der Waals surface area contributed by atoms with Crippen LogP contribution in [-0.2, 0) is 4.79 Å². The second-order valence-electron chi connectivity index (χ2n) is 9.11. The molecule has 1 N–H and O–H groups in total. The van der Waals surface area contributed by atoms with Crippen molar-refractivity contribution in [3.63, 3.8) is 0 Å². The Morgan fingerprint density at radius 1 is 1.17 bits per heavy atom. The molecule has 2 fully saturated rings. The van der Waals surface area contributed by atoms with E-state index in [0.29, 0.717) is 23.4 Å². The van der Waals surface area contributed by atoms with E-state index in [-0.39, 0.29) is 10.8 Å². The zero-order chi connectivity index (χ0) is 16.4. The highest BCUT2D eigenvalue weighted by Crippen LogP contribution is 2.65. The molecule has 4 aliphatic rings. The second kappa shape index (κ2) is 4.97. The fourth-order valence-electron chi connectivity index (χ4n) is 6.98. The Balaban J connectivity index is 1.69. The lowest BCUT2D eigenvalue weighted by Gasteiger charge is -2.56. The van der Waals surface area contributed by atoms with Gasteiger partial charge in [-0.15, -0.1) is 0 Å². The Hall–Kier alpha value is -1.05. The van der Waals surface area contributed by atoms with E-state index >= 15 is 0 Å². The molecule has 4 rings (SSSR count). The third kappa shape index (κ3) is 2.03. The average Bonchev–Trinajstić information content (AvgIpc) is 2.85. The van der Waals surface area contributed by atoms with Crippen LogP contribution in [0.2, 0.25) is 0 Å². The van der Waals surface area contributed by atoms with Gasteiger partial charge in [0.1, 0.15) is 5.78 Å². The summed E-state index contributed by atoms with van der Waals surface area (Å²) in [6, 6.07) is 0. The summed E-state index contributed by atoms with van der Waals surface area (Å²) >= 11 is 0. The van der Waals surface area contributed by atoms with Gasteiger partial charge in [-0.05, 0) is 85.7 Å². The predicted octanol–water partition coefficient (Wildman–Crippen LogP) is 5.21. The van der Waals surface area contributed by atoms with Crippen molar-refractivity contribution >= 4 is 5.78 Å². The largest absolute Gasteiger partial charge is 0.512 e. The molecule has 126 valence electrons. The van der Waals surface area contributed by atoms with E-state index in [2.05, 4.69) is 19.9 Å². The van der Waals surface area contributed by atoms with Crippen LogP contribution in [0.15, 0.2) is 23.5 Å². The van der Waals surface area contributed by atoms with Crippen molar-refractivity contribution < 1.29 is 9.90 Å². The van der Waals surface area contributed by atoms with E-state index in [1.54, 1.807) is 6.92 Å². The van der Waals surface area contributed by atoms with Crippen LogP contribution >= 0.6 is 0 Å². The maximum atomic E-state index is 12.1. The lowest BCUT2D eigenvalue weighted by molar-refractivity contribution is -0.127. The van der Waals surface area contributed by atoms with Crippen molar-refractivity contribution in [2.45, 2.75) is 65.7 Å². The van der Waals surface area contributed by atoms with Crippen LogP contribution in [0.5, 0.6) is 0 Å². The SMILES string of the molecule is CC(=O)[C@H]1CC[C@H]2[C@@H]3CC=C4C=C(O)CC[C@]4(C)[C@H]3CC[C@]12C. The average molecular weight is 314 g/mol. The molecular formula is C21H30O2. The normalized spacial score (nSPS) is 48.7. The molecule has 0 aromatic rings. The zero-order valence-corrected chi connectivity index (χ0v) is 14.8. The fourth-order valence-corrected chi connectivity index (χ4v) is 6.98. The standard InChI is InChI=1S/C21H30O2/c1-13(22)17-6-7-18-16-5-4-14-12-15(23)8-10-20(14,2)19(16)9-11-21(17,18)3/h4,12,16-19,23H,5-11H2,1-3H3/t16-,17+,18-,19-,20-,21+/m0/s1. The first-order valence-corrected chi connectivity index (χ1v) is 9.47. The minimum absolute atomic E-state index is 0.237. The van der Waals surface area contributed by atoms with E-state index in [1.165, 1.54) is 24.8 Å². The summed E-state index contributed by atoms with van der Waals surface area (Å²) in [7, 11) is 0. The number of aliphatic hydroxyl groups is 1. The van der Waals surface area contributed by atoms with Crippen molar-refractivity contribution in [3.8, 4) is 0 Å².